The van der Waals surface area contributed by atoms with E-state index in [-0.39, 0.29) is 6.04 Å². The molecule has 2 aromatic rings. The predicted octanol–water partition coefficient (Wildman–Crippen LogP) is 3.36. The van der Waals surface area contributed by atoms with Crippen molar-refractivity contribution < 1.29 is 0 Å². The van der Waals surface area contributed by atoms with Gasteiger partial charge in [0.2, 0.25) is 0 Å². The molecule has 1 aromatic heterocycles. The molecular formula is C17H24N4. The number of hydrogen-bond acceptors (Lipinski definition) is 4. The van der Waals surface area contributed by atoms with Crippen LogP contribution in [0.15, 0.2) is 30.3 Å². The lowest BCUT2D eigenvalue weighted by molar-refractivity contribution is 0.772. The van der Waals surface area contributed by atoms with Gasteiger partial charge in [0.25, 0.3) is 0 Å². The molecule has 0 saturated carbocycles. The lowest BCUT2D eigenvalue weighted by atomic mass is 10.1. The van der Waals surface area contributed by atoms with Crippen molar-refractivity contribution in [3.8, 4) is 0 Å². The normalized spacial score (nSPS) is 12.1. The van der Waals surface area contributed by atoms with Gasteiger partial charge in [-0.2, -0.15) is 0 Å². The van der Waals surface area contributed by atoms with Gasteiger partial charge in [0.05, 0.1) is 0 Å². The molecule has 4 nitrogen and oxygen atoms in total. The molecule has 112 valence electrons. The highest BCUT2D eigenvalue weighted by Crippen LogP contribution is 2.19. The monoisotopic (exact) mass is 284 g/mol. The Morgan fingerprint density at radius 2 is 1.90 bits per heavy atom. The Labute approximate surface area is 126 Å². The highest BCUT2D eigenvalue weighted by Gasteiger charge is 2.11. The van der Waals surface area contributed by atoms with Crippen molar-refractivity contribution in [2.24, 2.45) is 0 Å². The van der Waals surface area contributed by atoms with Crippen molar-refractivity contribution in [1.29, 1.82) is 0 Å². The van der Waals surface area contributed by atoms with Gasteiger partial charge in [0.15, 0.2) is 0 Å². The van der Waals surface area contributed by atoms with Crippen LogP contribution in [0.5, 0.6) is 0 Å². The summed E-state index contributed by atoms with van der Waals surface area (Å²) in [5.41, 5.74) is 8.23. The summed E-state index contributed by atoms with van der Waals surface area (Å²) in [5, 5.41) is 3.47. The van der Waals surface area contributed by atoms with Crippen LogP contribution in [0.1, 0.15) is 37.2 Å². The maximum Gasteiger partial charge on any atom is 0.134 e. The van der Waals surface area contributed by atoms with Gasteiger partial charge in [-0.15, -0.1) is 0 Å². The van der Waals surface area contributed by atoms with Crippen LogP contribution in [-0.4, -0.2) is 16.0 Å². The quantitative estimate of drug-likeness (QED) is 0.853. The number of nitrogen functional groups attached to an aromatic ring is 1. The summed E-state index contributed by atoms with van der Waals surface area (Å²) in [5.74, 6) is 2.24. The van der Waals surface area contributed by atoms with E-state index >= 15 is 0 Å². The summed E-state index contributed by atoms with van der Waals surface area (Å²) in [4.78, 5) is 8.94. The van der Waals surface area contributed by atoms with Gasteiger partial charge in [-0.25, -0.2) is 9.97 Å². The molecule has 0 fully saturated rings. The van der Waals surface area contributed by atoms with Crippen molar-refractivity contribution in [2.45, 2.75) is 46.1 Å². The topological polar surface area (TPSA) is 63.8 Å². The van der Waals surface area contributed by atoms with Gasteiger partial charge < -0.3 is 11.1 Å². The first-order valence-corrected chi connectivity index (χ1v) is 7.53. The number of nitrogens with zero attached hydrogens (tertiary/aromatic N) is 2. The third-order valence-electron chi connectivity index (χ3n) is 3.47. The van der Waals surface area contributed by atoms with E-state index in [9.17, 15) is 0 Å². The SMILES string of the molecule is CCCc1nc(N)c(C)c(NC(C)Cc2ccccc2)n1. The van der Waals surface area contributed by atoms with E-state index in [1.54, 1.807) is 0 Å². The smallest absolute Gasteiger partial charge is 0.134 e. The molecule has 2 rings (SSSR count). The second-order valence-corrected chi connectivity index (χ2v) is 5.48. The molecule has 1 aromatic carbocycles. The summed E-state index contributed by atoms with van der Waals surface area (Å²) in [6.07, 6.45) is 2.82. The average Bonchev–Trinajstić information content (AvgIpc) is 2.45. The molecule has 0 spiro atoms. The zero-order chi connectivity index (χ0) is 15.2. The van der Waals surface area contributed by atoms with Gasteiger partial charge in [-0.05, 0) is 32.3 Å². The molecule has 21 heavy (non-hydrogen) atoms. The van der Waals surface area contributed by atoms with E-state index in [0.717, 1.165) is 36.5 Å². The van der Waals surface area contributed by atoms with E-state index in [1.165, 1.54) is 5.56 Å². The minimum absolute atomic E-state index is 0.287. The standard InChI is InChI=1S/C17H24N4/c1-4-8-15-20-16(18)13(3)17(21-15)19-12(2)11-14-9-6-5-7-10-14/h5-7,9-10,12H,4,8,11H2,1-3H3,(H3,18,19,20,21). The molecule has 0 aliphatic rings. The van der Waals surface area contributed by atoms with Gasteiger partial charge in [-0.3, -0.25) is 0 Å². The Morgan fingerprint density at radius 3 is 2.57 bits per heavy atom. The molecule has 4 heteroatoms. The zero-order valence-corrected chi connectivity index (χ0v) is 13.1. The van der Waals surface area contributed by atoms with Crippen molar-refractivity contribution in [2.75, 3.05) is 11.1 Å². The number of nitrogens with two attached hydrogens (primary N) is 1. The molecule has 0 aliphatic heterocycles. The molecule has 0 amide bonds. The largest absolute Gasteiger partial charge is 0.383 e. The molecule has 1 unspecified atom stereocenters. The molecule has 0 radical (unpaired) electrons. The first kappa shape index (κ1) is 15.3. The zero-order valence-electron chi connectivity index (χ0n) is 13.1. The molecule has 0 bridgehead atoms. The Bertz CT molecular complexity index is 581. The lowest BCUT2D eigenvalue weighted by Crippen LogP contribution is -2.21. The van der Waals surface area contributed by atoms with Crippen LogP contribution in [0.25, 0.3) is 0 Å². The summed E-state index contributed by atoms with van der Waals surface area (Å²) in [6, 6.07) is 10.7. The van der Waals surface area contributed by atoms with Gasteiger partial charge in [0.1, 0.15) is 17.5 Å². The van der Waals surface area contributed by atoms with E-state index < -0.39 is 0 Å². The molecular weight excluding hydrogens is 260 g/mol. The number of anilines is 2. The molecule has 0 saturated heterocycles. The second-order valence-electron chi connectivity index (χ2n) is 5.48. The highest BCUT2D eigenvalue weighted by atomic mass is 15.1. The number of benzene rings is 1. The van der Waals surface area contributed by atoms with Gasteiger partial charge in [0, 0.05) is 18.0 Å². The fraction of sp³-hybridized carbons (Fsp3) is 0.412. The van der Waals surface area contributed by atoms with Crippen LogP contribution in [0.2, 0.25) is 0 Å². The molecule has 1 heterocycles. The number of rotatable bonds is 6. The van der Waals surface area contributed by atoms with Crippen LogP contribution in [0.4, 0.5) is 11.6 Å². The third kappa shape index (κ3) is 4.18. The fourth-order valence-electron chi connectivity index (χ4n) is 2.31. The van der Waals surface area contributed by atoms with Crippen LogP contribution >= 0.6 is 0 Å². The molecule has 1 atom stereocenters. The fourth-order valence-corrected chi connectivity index (χ4v) is 2.31. The summed E-state index contributed by atoms with van der Waals surface area (Å²) >= 11 is 0. The molecule has 3 N–H and O–H groups in total. The van der Waals surface area contributed by atoms with E-state index in [0.29, 0.717) is 5.82 Å². The Kier molecular flexibility index (Phi) is 5.14. The number of aromatic nitrogens is 2. The van der Waals surface area contributed by atoms with Crippen LogP contribution < -0.4 is 11.1 Å². The summed E-state index contributed by atoms with van der Waals surface area (Å²) in [7, 11) is 0. The van der Waals surface area contributed by atoms with E-state index in [2.05, 4.69) is 53.4 Å². The summed E-state index contributed by atoms with van der Waals surface area (Å²) in [6.45, 7) is 6.23. The first-order chi connectivity index (χ1) is 10.1. The van der Waals surface area contributed by atoms with E-state index in [1.807, 2.05) is 13.0 Å². The van der Waals surface area contributed by atoms with Gasteiger partial charge in [-0.1, -0.05) is 37.3 Å². The predicted molar refractivity (Wildman–Crippen MR) is 88.4 cm³/mol. The lowest BCUT2D eigenvalue weighted by Gasteiger charge is -2.17. The third-order valence-corrected chi connectivity index (χ3v) is 3.47. The Morgan fingerprint density at radius 1 is 1.19 bits per heavy atom. The Balaban J connectivity index is 2.11. The summed E-state index contributed by atoms with van der Waals surface area (Å²) < 4.78 is 0. The van der Waals surface area contributed by atoms with Crippen LogP contribution in [-0.2, 0) is 12.8 Å². The average molecular weight is 284 g/mol. The van der Waals surface area contributed by atoms with Gasteiger partial charge >= 0.3 is 0 Å². The number of nitrogens with one attached hydrogen (secondary N) is 1. The number of hydrogen-bond donors (Lipinski definition) is 2. The minimum atomic E-state index is 0.287. The first-order valence-electron chi connectivity index (χ1n) is 7.53. The van der Waals surface area contributed by atoms with Crippen molar-refractivity contribution in [3.05, 3.63) is 47.3 Å². The van der Waals surface area contributed by atoms with Crippen LogP contribution in [0.3, 0.4) is 0 Å². The maximum absolute atomic E-state index is 5.99. The molecule has 0 aliphatic carbocycles. The van der Waals surface area contributed by atoms with Crippen molar-refractivity contribution in [1.82, 2.24) is 9.97 Å². The van der Waals surface area contributed by atoms with Crippen molar-refractivity contribution >= 4 is 11.6 Å². The second kappa shape index (κ2) is 7.07. The maximum atomic E-state index is 5.99. The highest BCUT2D eigenvalue weighted by molar-refractivity contribution is 5.55. The van der Waals surface area contributed by atoms with Crippen LogP contribution in [0, 0.1) is 6.92 Å². The number of aryl methyl sites for hydroxylation is 1. The van der Waals surface area contributed by atoms with Crippen molar-refractivity contribution in [3.63, 3.8) is 0 Å². The van der Waals surface area contributed by atoms with E-state index in [4.69, 9.17) is 5.73 Å². The Hall–Kier alpha value is -2.10. The minimum Gasteiger partial charge on any atom is -0.383 e.